The largest absolute Gasteiger partial charge is 0.490 e. The van der Waals surface area contributed by atoms with E-state index in [-0.39, 0.29) is 0 Å². The summed E-state index contributed by atoms with van der Waals surface area (Å²) in [4.78, 5) is 6.66. The second kappa shape index (κ2) is 12.0. The molecule has 0 amide bonds. The highest BCUT2D eigenvalue weighted by Gasteiger charge is 2.32. The zero-order valence-electron chi connectivity index (χ0n) is 20.1. The Balaban J connectivity index is 1.58. The van der Waals surface area contributed by atoms with E-state index in [0.717, 1.165) is 31.3 Å². The van der Waals surface area contributed by atoms with Crippen molar-refractivity contribution < 1.29 is 9.47 Å². The van der Waals surface area contributed by atoms with Crippen molar-refractivity contribution in [1.29, 1.82) is 0 Å². The third kappa shape index (κ3) is 6.34. The first-order valence-electron chi connectivity index (χ1n) is 12.3. The Morgan fingerprint density at radius 1 is 1.06 bits per heavy atom. The van der Waals surface area contributed by atoms with Crippen LogP contribution in [0.15, 0.2) is 66.1 Å². The molecule has 4 rings (SSSR count). The molecule has 0 saturated carbocycles. The number of hydrogen-bond acceptors (Lipinski definition) is 5. The second-order valence-electron chi connectivity index (χ2n) is 9.44. The molecular formula is C28H38N2O2S. The predicted molar refractivity (Wildman–Crippen MR) is 140 cm³/mol. The van der Waals surface area contributed by atoms with E-state index in [2.05, 4.69) is 78.8 Å². The molecule has 2 aliphatic rings. The lowest BCUT2D eigenvalue weighted by Crippen LogP contribution is -2.48. The van der Waals surface area contributed by atoms with Gasteiger partial charge in [0.05, 0.1) is 24.4 Å². The van der Waals surface area contributed by atoms with Crippen molar-refractivity contribution >= 4 is 17.4 Å². The topological polar surface area (TPSA) is 24.9 Å². The van der Waals surface area contributed by atoms with Crippen molar-refractivity contribution in [3.05, 3.63) is 66.7 Å². The molecule has 2 atom stereocenters. The van der Waals surface area contributed by atoms with E-state index in [0.29, 0.717) is 24.6 Å². The van der Waals surface area contributed by atoms with Gasteiger partial charge in [0.25, 0.3) is 0 Å². The van der Waals surface area contributed by atoms with Crippen LogP contribution in [0.5, 0.6) is 5.75 Å². The summed E-state index contributed by atoms with van der Waals surface area (Å²) < 4.78 is 11.9. The Labute approximate surface area is 203 Å². The number of thioether (sulfide) groups is 1. The molecule has 0 aromatic heterocycles. The van der Waals surface area contributed by atoms with Crippen LogP contribution in [0, 0.1) is 5.92 Å². The predicted octanol–water partition coefficient (Wildman–Crippen LogP) is 6.04. The first-order chi connectivity index (χ1) is 16.2. The Hall–Kier alpha value is -1.95. The van der Waals surface area contributed by atoms with Crippen LogP contribution in [-0.4, -0.2) is 56.1 Å². The highest BCUT2D eigenvalue weighted by Crippen LogP contribution is 2.43. The van der Waals surface area contributed by atoms with Gasteiger partial charge in [0.1, 0.15) is 12.4 Å². The maximum absolute atomic E-state index is 6.20. The fourth-order valence-corrected chi connectivity index (χ4v) is 5.95. The minimum absolute atomic E-state index is 0.327. The van der Waals surface area contributed by atoms with Gasteiger partial charge in [-0.3, -0.25) is 4.90 Å². The first-order valence-corrected chi connectivity index (χ1v) is 13.3. The van der Waals surface area contributed by atoms with Crippen molar-refractivity contribution in [2.24, 2.45) is 5.92 Å². The van der Waals surface area contributed by atoms with E-state index in [4.69, 9.17) is 9.47 Å². The molecular weight excluding hydrogens is 428 g/mol. The number of fused-ring (bicyclic) bond motifs is 1. The molecule has 178 valence electrons. The van der Waals surface area contributed by atoms with Crippen LogP contribution in [0.2, 0.25) is 0 Å². The summed E-state index contributed by atoms with van der Waals surface area (Å²) in [6.07, 6.45) is 4.37. The SMILES string of the molecule is C=CCOc1ccc(C2CSc3ccccc3N2CC(COCC(C)C)N2CCCC2)cc1. The molecule has 1 saturated heterocycles. The van der Waals surface area contributed by atoms with Crippen molar-refractivity contribution in [3.63, 3.8) is 0 Å². The van der Waals surface area contributed by atoms with Gasteiger partial charge in [-0.05, 0) is 61.7 Å². The number of hydrogen-bond donors (Lipinski definition) is 0. The fraction of sp³-hybridized carbons (Fsp3) is 0.500. The van der Waals surface area contributed by atoms with Gasteiger partial charge in [0.2, 0.25) is 0 Å². The molecule has 5 heteroatoms. The Morgan fingerprint density at radius 2 is 1.82 bits per heavy atom. The number of anilines is 1. The third-order valence-electron chi connectivity index (χ3n) is 6.41. The Morgan fingerprint density at radius 3 is 2.55 bits per heavy atom. The van der Waals surface area contributed by atoms with Crippen molar-refractivity contribution in [1.82, 2.24) is 4.90 Å². The second-order valence-corrected chi connectivity index (χ2v) is 10.5. The van der Waals surface area contributed by atoms with E-state index in [1.54, 1.807) is 6.08 Å². The molecule has 0 aliphatic carbocycles. The highest BCUT2D eigenvalue weighted by atomic mass is 32.2. The summed E-state index contributed by atoms with van der Waals surface area (Å²) >= 11 is 1.96. The summed E-state index contributed by atoms with van der Waals surface area (Å²) in [6.45, 7) is 13.7. The summed E-state index contributed by atoms with van der Waals surface area (Å²) in [5.41, 5.74) is 2.69. The van der Waals surface area contributed by atoms with E-state index in [9.17, 15) is 0 Å². The number of para-hydroxylation sites is 1. The van der Waals surface area contributed by atoms with Gasteiger partial charge < -0.3 is 14.4 Å². The van der Waals surface area contributed by atoms with Gasteiger partial charge in [0, 0.05) is 23.8 Å². The zero-order chi connectivity index (χ0) is 23.0. The molecule has 0 radical (unpaired) electrons. The third-order valence-corrected chi connectivity index (χ3v) is 7.54. The summed E-state index contributed by atoms with van der Waals surface area (Å²) in [6, 6.07) is 18.2. The average molecular weight is 467 g/mol. The van der Waals surface area contributed by atoms with Crippen LogP contribution in [0.3, 0.4) is 0 Å². The molecule has 2 aliphatic heterocycles. The lowest BCUT2D eigenvalue weighted by Gasteiger charge is -2.42. The normalized spacial score (nSPS) is 19.5. The van der Waals surface area contributed by atoms with Crippen LogP contribution in [0.1, 0.15) is 38.3 Å². The number of nitrogens with zero attached hydrogens (tertiary/aromatic N) is 2. The first kappa shape index (κ1) is 24.2. The molecule has 2 unspecified atom stereocenters. The molecule has 0 N–H and O–H groups in total. The Kier molecular flexibility index (Phi) is 8.76. The van der Waals surface area contributed by atoms with E-state index < -0.39 is 0 Å². The maximum Gasteiger partial charge on any atom is 0.119 e. The fourth-order valence-electron chi connectivity index (χ4n) is 4.73. The van der Waals surface area contributed by atoms with Gasteiger partial charge in [-0.15, -0.1) is 11.8 Å². The van der Waals surface area contributed by atoms with Gasteiger partial charge in [-0.2, -0.15) is 0 Å². The highest BCUT2D eigenvalue weighted by molar-refractivity contribution is 7.99. The van der Waals surface area contributed by atoms with Crippen molar-refractivity contribution in [2.75, 3.05) is 50.1 Å². The minimum Gasteiger partial charge on any atom is -0.490 e. The number of rotatable bonds is 11. The summed E-state index contributed by atoms with van der Waals surface area (Å²) in [5, 5.41) is 0. The van der Waals surface area contributed by atoms with E-state index in [1.165, 1.54) is 42.1 Å². The molecule has 0 spiro atoms. The van der Waals surface area contributed by atoms with Crippen molar-refractivity contribution in [3.8, 4) is 5.75 Å². The van der Waals surface area contributed by atoms with Crippen molar-refractivity contribution in [2.45, 2.75) is 43.7 Å². The zero-order valence-corrected chi connectivity index (χ0v) is 20.9. The summed E-state index contributed by atoms with van der Waals surface area (Å²) in [7, 11) is 0. The van der Waals surface area contributed by atoms with E-state index in [1.807, 2.05) is 11.8 Å². The minimum atomic E-state index is 0.327. The molecule has 1 fully saturated rings. The van der Waals surface area contributed by atoms with Crippen LogP contribution < -0.4 is 9.64 Å². The molecule has 2 heterocycles. The smallest absolute Gasteiger partial charge is 0.119 e. The van der Waals surface area contributed by atoms with Crippen LogP contribution in [0.4, 0.5) is 5.69 Å². The van der Waals surface area contributed by atoms with Crippen LogP contribution in [-0.2, 0) is 4.74 Å². The standard InChI is InChI=1S/C28H38N2O2S/c1-4-17-32-25-13-11-23(12-14-25)27-21-33-28-10-6-5-9-26(28)30(27)18-24(20-31-19-22(2)3)29-15-7-8-16-29/h4-6,9-14,22,24,27H,1,7-8,15-21H2,2-3H3. The van der Waals surface area contributed by atoms with Gasteiger partial charge >= 0.3 is 0 Å². The van der Waals surface area contributed by atoms with Gasteiger partial charge in [-0.1, -0.05) is 50.8 Å². The molecule has 0 bridgehead atoms. The molecule has 2 aromatic carbocycles. The quantitative estimate of drug-likeness (QED) is 0.376. The average Bonchev–Trinajstić information content (AvgIpc) is 3.37. The van der Waals surface area contributed by atoms with E-state index >= 15 is 0 Å². The monoisotopic (exact) mass is 466 g/mol. The molecule has 33 heavy (non-hydrogen) atoms. The summed E-state index contributed by atoms with van der Waals surface area (Å²) in [5.74, 6) is 2.50. The lowest BCUT2D eigenvalue weighted by molar-refractivity contribution is 0.0563. The number of ether oxygens (including phenoxy) is 2. The van der Waals surface area contributed by atoms with Gasteiger partial charge in [-0.25, -0.2) is 0 Å². The Bertz CT molecular complexity index is 880. The lowest BCUT2D eigenvalue weighted by atomic mass is 10.0. The number of likely N-dealkylation sites (tertiary alicyclic amines) is 1. The molecule has 2 aromatic rings. The van der Waals surface area contributed by atoms with Gasteiger partial charge in [0.15, 0.2) is 0 Å². The number of benzene rings is 2. The van der Waals surface area contributed by atoms with Crippen LogP contribution in [0.25, 0.3) is 0 Å². The molecule has 4 nitrogen and oxygen atoms in total. The maximum atomic E-state index is 6.20. The van der Waals surface area contributed by atoms with Crippen LogP contribution >= 0.6 is 11.8 Å².